The minimum absolute atomic E-state index is 0.0336. The van der Waals surface area contributed by atoms with Crippen molar-refractivity contribution in [2.24, 2.45) is 0 Å². The lowest BCUT2D eigenvalue weighted by Gasteiger charge is -2.12. The molecule has 0 heterocycles. The van der Waals surface area contributed by atoms with Crippen LogP contribution >= 0.6 is 0 Å². The molecule has 0 aliphatic carbocycles. The molecule has 120 valence electrons. The maximum atomic E-state index is 12.3. The monoisotopic (exact) mass is 313 g/mol. The van der Waals surface area contributed by atoms with Crippen molar-refractivity contribution in [2.75, 3.05) is 11.9 Å². The van der Waals surface area contributed by atoms with Crippen molar-refractivity contribution in [3.8, 4) is 0 Å². The number of nitro benzene ring substituents is 1. The lowest BCUT2D eigenvalue weighted by Crippen LogP contribution is -2.25. The molecule has 0 unspecified atom stereocenters. The van der Waals surface area contributed by atoms with Gasteiger partial charge in [-0.1, -0.05) is 37.6 Å². The van der Waals surface area contributed by atoms with Crippen LogP contribution in [-0.4, -0.2) is 17.4 Å². The first-order chi connectivity index (χ1) is 11.1. The standard InChI is InChI=1S/C17H19N3O3/c1-2-3-12-18-17(21)13-8-4-5-9-14(13)19-15-10-6-7-11-16(15)20(22)23/h4-11,19H,2-3,12H2,1H3,(H,18,21). The zero-order valence-electron chi connectivity index (χ0n) is 12.9. The summed E-state index contributed by atoms with van der Waals surface area (Å²) in [5.41, 5.74) is 1.32. The summed E-state index contributed by atoms with van der Waals surface area (Å²) in [6.45, 7) is 2.66. The van der Waals surface area contributed by atoms with E-state index in [1.807, 2.05) is 0 Å². The Bertz CT molecular complexity index is 701. The second kappa shape index (κ2) is 7.93. The van der Waals surface area contributed by atoms with Crippen molar-refractivity contribution >= 4 is 23.0 Å². The Balaban J connectivity index is 2.24. The molecule has 2 N–H and O–H groups in total. The largest absolute Gasteiger partial charge is 0.352 e. The van der Waals surface area contributed by atoms with E-state index >= 15 is 0 Å². The number of hydrogen-bond acceptors (Lipinski definition) is 4. The number of benzene rings is 2. The molecule has 0 atom stereocenters. The topological polar surface area (TPSA) is 84.3 Å². The number of nitrogens with one attached hydrogen (secondary N) is 2. The Kier molecular flexibility index (Phi) is 5.68. The Morgan fingerprint density at radius 1 is 1.09 bits per heavy atom. The lowest BCUT2D eigenvalue weighted by molar-refractivity contribution is -0.383. The summed E-state index contributed by atoms with van der Waals surface area (Å²) in [5, 5.41) is 16.9. The Labute approximate surface area is 134 Å². The molecular weight excluding hydrogens is 294 g/mol. The van der Waals surface area contributed by atoms with Gasteiger partial charge in [0, 0.05) is 12.6 Å². The number of hydrogen-bond donors (Lipinski definition) is 2. The fourth-order valence-corrected chi connectivity index (χ4v) is 2.15. The summed E-state index contributed by atoms with van der Waals surface area (Å²) in [6.07, 6.45) is 1.90. The molecule has 1 amide bonds. The van der Waals surface area contributed by atoms with Gasteiger partial charge < -0.3 is 10.6 Å². The molecule has 0 bridgehead atoms. The molecule has 2 rings (SSSR count). The number of para-hydroxylation sites is 3. The molecule has 6 heteroatoms. The summed E-state index contributed by atoms with van der Waals surface area (Å²) in [7, 11) is 0. The van der Waals surface area contributed by atoms with E-state index in [0.29, 0.717) is 23.5 Å². The summed E-state index contributed by atoms with van der Waals surface area (Å²) in [5.74, 6) is -0.194. The molecule has 23 heavy (non-hydrogen) atoms. The van der Waals surface area contributed by atoms with Crippen LogP contribution in [0.2, 0.25) is 0 Å². The number of amides is 1. The van der Waals surface area contributed by atoms with E-state index < -0.39 is 4.92 Å². The van der Waals surface area contributed by atoms with Gasteiger partial charge in [0.25, 0.3) is 11.6 Å². The van der Waals surface area contributed by atoms with Crippen LogP contribution in [0, 0.1) is 10.1 Å². The zero-order chi connectivity index (χ0) is 16.7. The summed E-state index contributed by atoms with van der Waals surface area (Å²) in [4.78, 5) is 22.9. The van der Waals surface area contributed by atoms with Gasteiger partial charge in [-0.15, -0.1) is 0 Å². The third kappa shape index (κ3) is 4.29. The highest BCUT2D eigenvalue weighted by Gasteiger charge is 2.15. The van der Waals surface area contributed by atoms with Crippen LogP contribution in [-0.2, 0) is 0 Å². The van der Waals surface area contributed by atoms with Gasteiger partial charge in [0.2, 0.25) is 0 Å². The highest BCUT2D eigenvalue weighted by atomic mass is 16.6. The Morgan fingerprint density at radius 2 is 1.74 bits per heavy atom. The lowest BCUT2D eigenvalue weighted by atomic mass is 10.1. The highest BCUT2D eigenvalue weighted by molar-refractivity contribution is 6.00. The molecule has 0 saturated heterocycles. The van der Waals surface area contributed by atoms with Gasteiger partial charge in [0.1, 0.15) is 5.69 Å². The highest BCUT2D eigenvalue weighted by Crippen LogP contribution is 2.28. The molecule has 0 aromatic heterocycles. The molecule has 6 nitrogen and oxygen atoms in total. The molecule has 0 aliphatic rings. The van der Waals surface area contributed by atoms with Gasteiger partial charge in [0.05, 0.1) is 16.2 Å². The molecule has 2 aromatic rings. The smallest absolute Gasteiger partial charge is 0.292 e. The first-order valence-corrected chi connectivity index (χ1v) is 7.51. The van der Waals surface area contributed by atoms with Crippen LogP contribution in [0.15, 0.2) is 48.5 Å². The number of unbranched alkanes of at least 4 members (excludes halogenated alkanes) is 1. The number of anilines is 2. The normalized spacial score (nSPS) is 10.1. The van der Waals surface area contributed by atoms with Gasteiger partial charge in [-0.3, -0.25) is 14.9 Å². The van der Waals surface area contributed by atoms with Gasteiger partial charge in [-0.2, -0.15) is 0 Å². The van der Waals surface area contributed by atoms with Crippen LogP contribution in [0.1, 0.15) is 30.1 Å². The number of nitrogens with zero attached hydrogens (tertiary/aromatic N) is 1. The van der Waals surface area contributed by atoms with E-state index in [2.05, 4.69) is 17.6 Å². The van der Waals surface area contributed by atoms with E-state index in [9.17, 15) is 14.9 Å². The molecule has 0 aliphatic heterocycles. The van der Waals surface area contributed by atoms with E-state index in [1.165, 1.54) is 6.07 Å². The van der Waals surface area contributed by atoms with E-state index in [1.54, 1.807) is 42.5 Å². The Hall–Kier alpha value is -2.89. The second-order valence-electron chi connectivity index (χ2n) is 5.05. The predicted molar refractivity (Wildman–Crippen MR) is 90.1 cm³/mol. The third-order valence-corrected chi connectivity index (χ3v) is 3.36. The van der Waals surface area contributed by atoms with Crippen LogP contribution in [0.3, 0.4) is 0 Å². The fraction of sp³-hybridized carbons (Fsp3) is 0.235. The maximum absolute atomic E-state index is 12.3. The van der Waals surface area contributed by atoms with E-state index in [4.69, 9.17) is 0 Å². The Morgan fingerprint density at radius 3 is 2.43 bits per heavy atom. The minimum Gasteiger partial charge on any atom is -0.352 e. The van der Waals surface area contributed by atoms with Crippen LogP contribution < -0.4 is 10.6 Å². The van der Waals surface area contributed by atoms with Crippen LogP contribution in [0.5, 0.6) is 0 Å². The van der Waals surface area contributed by atoms with Crippen molar-refractivity contribution in [3.05, 3.63) is 64.2 Å². The van der Waals surface area contributed by atoms with Crippen LogP contribution in [0.4, 0.5) is 17.1 Å². The first kappa shape index (κ1) is 16.5. The van der Waals surface area contributed by atoms with Crippen molar-refractivity contribution in [3.63, 3.8) is 0 Å². The average Bonchev–Trinajstić information content (AvgIpc) is 2.56. The molecular formula is C17H19N3O3. The van der Waals surface area contributed by atoms with Crippen molar-refractivity contribution in [2.45, 2.75) is 19.8 Å². The zero-order valence-corrected chi connectivity index (χ0v) is 12.9. The quantitative estimate of drug-likeness (QED) is 0.462. The van der Waals surface area contributed by atoms with E-state index in [-0.39, 0.29) is 11.6 Å². The summed E-state index contributed by atoms with van der Waals surface area (Å²) >= 11 is 0. The molecule has 0 fully saturated rings. The number of carbonyl (C=O) groups is 1. The SMILES string of the molecule is CCCCNC(=O)c1ccccc1Nc1ccccc1[N+](=O)[O-]. The molecule has 0 saturated carbocycles. The minimum atomic E-state index is -0.452. The number of rotatable bonds is 7. The summed E-state index contributed by atoms with van der Waals surface area (Å²) < 4.78 is 0. The van der Waals surface area contributed by atoms with Gasteiger partial charge in [0.15, 0.2) is 0 Å². The second-order valence-corrected chi connectivity index (χ2v) is 5.05. The van der Waals surface area contributed by atoms with E-state index in [0.717, 1.165) is 12.8 Å². The molecule has 0 radical (unpaired) electrons. The van der Waals surface area contributed by atoms with Crippen LogP contribution in [0.25, 0.3) is 0 Å². The summed E-state index contributed by atoms with van der Waals surface area (Å²) in [6, 6.07) is 13.3. The van der Waals surface area contributed by atoms with Crippen molar-refractivity contribution in [1.82, 2.24) is 5.32 Å². The average molecular weight is 313 g/mol. The van der Waals surface area contributed by atoms with Crippen molar-refractivity contribution < 1.29 is 9.72 Å². The van der Waals surface area contributed by atoms with Gasteiger partial charge in [-0.05, 0) is 24.6 Å². The number of nitro groups is 1. The van der Waals surface area contributed by atoms with Crippen molar-refractivity contribution in [1.29, 1.82) is 0 Å². The van der Waals surface area contributed by atoms with Gasteiger partial charge in [-0.25, -0.2) is 0 Å². The number of carbonyl (C=O) groups excluding carboxylic acids is 1. The maximum Gasteiger partial charge on any atom is 0.292 e. The molecule has 0 spiro atoms. The first-order valence-electron chi connectivity index (χ1n) is 7.51. The predicted octanol–water partition coefficient (Wildman–Crippen LogP) is 3.87. The fourth-order valence-electron chi connectivity index (χ4n) is 2.15. The molecule has 2 aromatic carbocycles. The van der Waals surface area contributed by atoms with Gasteiger partial charge >= 0.3 is 0 Å². The third-order valence-electron chi connectivity index (χ3n) is 3.36.